The van der Waals surface area contributed by atoms with E-state index in [0.717, 1.165) is 10.6 Å². The number of para-hydroxylation sites is 1. The molecule has 1 N–H and O–H groups in total. The molecule has 2 aromatic carbocycles. The molecule has 0 aromatic heterocycles. The number of likely N-dealkylation sites (N-methyl/N-ethyl adjacent to an activating group) is 1. The molecule has 0 atom stereocenters. The molecule has 132 valence electrons. The van der Waals surface area contributed by atoms with E-state index in [9.17, 15) is 9.59 Å². The number of carbonyl (C=O) groups excluding carboxylic acids is 2. The molecular weight excluding hydrogens is 360 g/mol. The van der Waals surface area contributed by atoms with Crippen LogP contribution in [0.1, 0.15) is 10.4 Å². The van der Waals surface area contributed by atoms with Gasteiger partial charge in [0.15, 0.2) is 0 Å². The van der Waals surface area contributed by atoms with Crippen molar-refractivity contribution in [2.24, 2.45) is 0 Å². The second-order valence-electron chi connectivity index (χ2n) is 5.25. The number of halogens is 1. The lowest BCUT2D eigenvalue weighted by Crippen LogP contribution is -2.35. The van der Waals surface area contributed by atoms with Gasteiger partial charge in [-0.15, -0.1) is 11.8 Å². The second-order valence-corrected chi connectivity index (χ2v) is 6.54. The Balaban J connectivity index is 2.08. The Hall–Kier alpha value is -2.18. The molecule has 2 amide bonds. The van der Waals surface area contributed by atoms with Crippen LogP contribution in [0.3, 0.4) is 0 Å². The fourth-order valence-corrected chi connectivity index (χ4v) is 3.00. The van der Waals surface area contributed by atoms with Crippen LogP contribution in [-0.2, 0) is 4.79 Å². The van der Waals surface area contributed by atoms with Crippen LogP contribution in [0.25, 0.3) is 0 Å². The number of benzene rings is 2. The summed E-state index contributed by atoms with van der Waals surface area (Å²) in [5.41, 5.74) is 1.04. The van der Waals surface area contributed by atoms with Crippen molar-refractivity contribution in [3.05, 3.63) is 53.1 Å². The van der Waals surface area contributed by atoms with Crippen LogP contribution >= 0.6 is 23.4 Å². The zero-order valence-corrected chi connectivity index (χ0v) is 15.8. The number of anilines is 1. The molecule has 0 bridgehead atoms. The molecule has 7 heteroatoms. The molecule has 25 heavy (non-hydrogen) atoms. The Bertz CT molecular complexity index is 783. The second kappa shape index (κ2) is 8.78. The number of hydrogen-bond acceptors (Lipinski definition) is 4. The van der Waals surface area contributed by atoms with Crippen LogP contribution < -0.4 is 10.1 Å². The van der Waals surface area contributed by atoms with Gasteiger partial charge in [-0.2, -0.15) is 0 Å². The maximum absolute atomic E-state index is 12.6. The molecule has 0 aliphatic heterocycles. The average molecular weight is 379 g/mol. The number of nitrogens with one attached hydrogen (secondary N) is 1. The fraction of sp³-hybridized carbons (Fsp3) is 0.222. The van der Waals surface area contributed by atoms with E-state index >= 15 is 0 Å². The topological polar surface area (TPSA) is 58.6 Å². The highest BCUT2D eigenvalue weighted by atomic mass is 35.5. The van der Waals surface area contributed by atoms with Gasteiger partial charge >= 0.3 is 0 Å². The van der Waals surface area contributed by atoms with E-state index in [1.54, 1.807) is 19.2 Å². The van der Waals surface area contributed by atoms with E-state index < -0.39 is 0 Å². The van der Waals surface area contributed by atoms with Gasteiger partial charge in [0.05, 0.1) is 24.9 Å². The number of methoxy groups -OCH3 is 1. The minimum atomic E-state index is -0.340. The number of amides is 2. The molecule has 0 saturated carbocycles. The van der Waals surface area contributed by atoms with Crippen molar-refractivity contribution < 1.29 is 14.3 Å². The fourth-order valence-electron chi connectivity index (χ4n) is 2.28. The SMILES string of the molecule is COc1ccc(Cl)cc1C(=O)N(C)CC(=O)Nc1ccccc1SC. The lowest BCUT2D eigenvalue weighted by molar-refractivity contribution is -0.116. The molecule has 0 spiro atoms. The largest absolute Gasteiger partial charge is 0.496 e. The summed E-state index contributed by atoms with van der Waals surface area (Å²) in [6, 6.07) is 12.3. The molecule has 0 aliphatic carbocycles. The quantitative estimate of drug-likeness (QED) is 0.777. The standard InChI is InChI=1S/C18H19ClN2O3S/c1-21(18(23)13-10-12(19)8-9-15(13)24-2)11-17(22)20-14-6-4-5-7-16(14)25-3/h4-10H,11H2,1-3H3,(H,20,22). The monoisotopic (exact) mass is 378 g/mol. The van der Waals surface area contributed by atoms with Gasteiger partial charge in [0.2, 0.25) is 5.91 Å². The number of ether oxygens (including phenoxy) is 1. The van der Waals surface area contributed by atoms with Gasteiger partial charge in [-0.05, 0) is 36.6 Å². The molecule has 0 aliphatic rings. The summed E-state index contributed by atoms with van der Waals surface area (Å²) in [6.07, 6.45) is 1.94. The Morgan fingerprint density at radius 2 is 1.96 bits per heavy atom. The smallest absolute Gasteiger partial charge is 0.257 e. The molecule has 0 heterocycles. The first kappa shape index (κ1) is 19.1. The van der Waals surface area contributed by atoms with Gasteiger partial charge in [-0.25, -0.2) is 0 Å². The maximum Gasteiger partial charge on any atom is 0.257 e. The summed E-state index contributed by atoms with van der Waals surface area (Å²) in [5.74, 6) is -0.208. The minimum Gasteiger partial charge on any atom is -0.496 e. The van der Waals surface area contributed by atoms with E-state index in [1.165, 1.54) is 29.8 Å². The van der Waals surface area contributed by atoms with Crippen molar-refractivity contribution in [3.63, 3.8) is 0 Å². The van der Waals surface area contributed by atoms with Gasteiger partial charge in [-0.1, -0.05) is 23.7 Å². The van der Waals surface area contributed by atoms with Crippen molar-refractivity contribution in [3.8, 4) is 5.75 Å². The first-order chi connectivity index (χ1) is 12.0. The summed E-state index contributed by atoms with van der Waals surface area (Å²) in [5, 5.41) is 3.25. The molecule has 0 fully saturated rings. The molecule has 2 rings (SSSR count). The third-order valence-electron chi connectivity index (χ3n) is 3.50. The number of rotatable bonds is 6. The first-order valence-electron chi connectivity index (χ1n) is 7.48. The van der Waals surface area contributed by atoms with E-state index in [2.05, 4.69) is 5.32 Å². The summed E-state index contributed by atoms with van der Waals surface area (Å²) in [6.45, 7) is -0.0861. The molecule has 0 unspecified atom stereocenters. The maximum atomic E-state index is 12.6. The van der Waals surface area contributed by atoms with Gasteiger partial charge in [0.1, 0.15) is 5.75 Å². The Kier molecular flexibility index (Phi) is 6.73. The normalized spacial score (nSPS) is 10.2. The van der Waals surface area contributed by atoms with Gasteiger partial charge in [-0.3, -0.25) is 9.59 Å². The Morgan fingerprint density at radius 3 is 2.64 bits per heavy atom. The number of nitrogens with zero attached hydrogens (tertiary/aromatic N) is 1. The van der Waals surface area contributed by atoms with Crippen LogP contribution in [0.2, 0.25) is 5.02 Å². The zero-order chi connectivity index (χ0) is 18.4. The van der Waals surface area contributed by atoms with Crippen LogP contribution in [0.4, 0.5) is 5.69 Å². The molecular formula is C18H19ClN2O3S. The van der Waals surface area contributed by atoms with Gasteiger partial charge in [0.25, 0.3) is 5.91 Å². The van der Waals surface area contributed by atoms with Crippen LogP contribution in [0, 0.1) is 0 Å². The molecule has 0 radical (unpaired) electrons. The van der Waals surface area contributed by atoms with Crippen molar-refractivity contribution in [2.75, 3.05) is 32.3 Å². The Morgan fingerprint density at radius 1 is 1.24 bits per heavy atom. The van der Waals surface area contributed by atoms with E-state index in [-0.39, 0.29) is 18.4 Å². The Labute approximate surface area is 156 Å². The highest BCUT2D eigenvalue weighted by Gasteiger charge is 2.19. The van der Waals surface area contributed by atoms with Gasteiger partial charge in [0, 0.05) is 17.0 Å². The zero-order valence-electron chi connectivity index (χ0n) is 14.2. The lowest BCUT2D eigenvalue weighted by atomic mass is 10.1. The summed E-state index contributed by atoms with van der Waals surface area (Å²) < 4.78 is 5.19. The predicted molar refractivity (Wildman–Crippen MR) is 102 cm³/mol. The van der Waals surface area contributed by atoms with E-state index in [1.807, 2.05) is 30.5 Å². The molecule has 5 nitrogen and oxygen atoms in total. The van der Waals surface area contributed by atoms with Crippen LogP contribution in [0.5, 0.6) is 5.75 Å². The summed E-state index contributed by atoms with van der Waals surface area (Å²) in [7, 11) is 3.04. The summed E-state index contributed by atoms with van der Waals surface area (Å²) in [4.78, 5) is 27.2. The van der Waals surface area contributed by atoms with Crippen molar-refractivity contribution in [1.29, 1.82) is 0 Å². The van der Waals surface area contributed by atoms with Crippen molar-refractivity contribution >= 4 is 40.9 Å². The van der Waals surface area contributed by atoms with E-state index in [4.69, 9.17) is 16.3 Å². The number of hydrogen-bond donors (Lipinski definition) is 1. The third kappa shape index (κ3) is 4.90. The first-order valence-corrected chi connectivity index (χ1v) is 9.08. The van der Waals surface area contributed by atoms with E-state index in [0.29, 0.717) is 16.3 Å². The van der Waals surface area contributed by atoms with Crippen molar-refractivity contribution in [2.45, 2.75) is 4.90 Å². The molecule has 2 aromatic rings. The third-order valence-corrected chi connectivity index (χ3v) is 4.53. The molecule has 0 saturated heterocycles. The lowest BCUT2D eigenvalue weighted by Gasteiger charge is -2.19. The van der Waals surface area contributed by atoms with Gasteiger partial charge < -0.3 is 15.0 Å². The minimum absolute atomic E-state index is 0.0861. The number of carbonyl (C=O) groups is 2. The van der Waals surface area contributed by atoms with Crippen LogP contribution in [0.15, 0.2) is 47.4 Å². The van der Waals surface area contributed by atoms with Crippen LogP contribution in [-0.4, -0.2) is 43.7 Å². The average Bonchev–Trinajstić information content (AvgIpc) is 2.61. The highest BCUT2D eigenvalue weighted by Crippen LogP contribution is 2.25. The predicted octanol–water partition coefficient (Wildman–Crippen LogP) is 3.78. The van der Waals surface area contributed by atoms with Crippen molar-refractivity contribution in [1.82, 2.24) is 4.90 Å². The number of thioether (sulfide) groups is 1. The highest BCUT2D eigenvalue weighted by molar-refractivity contribution is 7.98. The summed E-state index contributed by atoms with van der Waals surface area (Å²) >= 11 is 7.50.